The van der Waals surface area contributed by atoms with Crippen LogP contribution in [0.1, 0.15) is 52.0 Å². The van der Waals surface area contributed by atoms with Crippen LogP contribution in [0.2, 0.25) is 0 Å². The topological polar surface area (TPSA) is 127 Å². The van der Waals surface area contributed by atoms with E-state index in [0.717, 1.165) is 51.9 Å². The lowest BCUT2D eigenvalue weighted by Gasteiger charge is -2.32. The van der Waals surface area contributed by atoms with Crippen molar-refractivity contribution in [3.05, 3.63) is 119 Å². The number of nitrogens with two attached hydrogens (primary N) is 1. The Hall–Kier alpha value is -4.91. The van der Waals surface area contributed by atoms with Gasteiger partial charge >= 0.3 is 6.18 Å². The Morgan fingerprint density at radius 3 is 2.39 bits per heavy atom. The van der Waals surface area contributed by atoms with Crippen molar-refractivity contribution in [2.45, 2.75) is 32.4 Å². The molecule has 0 bridgehead atoms. The number of carbonyl (C=O) groups excluding carboxylic acids is 2. The van der Waals surface area contributed by atoms with E-state index in [1.54, 1.807) is 23.1 Å². The lowest BCUT2D eigenvalue weighted by Crippen LogP contribution is -2.38. The van der Waals surface area contributed by atoms with Crippen LogP contribution in [0, 0.1) is 6.92 Å². The first-order chi connectivity index (χ1) is 20.8. The fourth-order valence-electron chi connectivity index (χ4n) is 4.93. The van der Waals surface area contributed by atoms with E-state index >= 15 is 0 Å². The number of fused-ring (bicyclic) bond motifs is 1. The van der Waals surface area contributed by atoms with Gasteiger partial charge in [0.15, 0.2) is 0 Å². The Balaban J connectivity index is 0.000000285. The molecule has 13 heteroatoms. The fourth-order valence-corrected chi connectivity index (χ4v) is 5.47. The predicted octanol–water partition coefficient (Wildman–Crippen LogP) is 5.76. The molecule has 1 atom stereocenters. The van der Waals surface area contributed by atoms with Gasteiger partial charge < -0.3 is 5.73 Å². The molecule has 230 valence electrons. The molecule has 4 aromatic rings. The van der Waals surface area contributed by atoms with E-state index < -0.39 is 27.7 Å². The van der Waals surface area contributed by atoms with Gasteiger partial charge in [-0.1, -0.05) is 43.0 Å². The molecule has 1 unspecified atom stereocenters. The third-order valence-corrected chi connectivity index (χ3v) is 7.88. The van der Waals surface area contributed by atoms with E-state index in [1.165, 1.54) is 6.07 Å². The summed E-state index contributed by atoms with van der Waals surface area (Å²) in [6.45, 7) is 7.76. The standard InChI is InChI=1S/C23H24N4O3S.C8H6F3NO/c1-4-26-21(28)15-20(17-10-9-11-18(14-17)25-31(29,30)5-2)22-16(3)24-27(23(22)26)19-12-7-6-8-13-19;9-8(10,11)6-3-1-2-5(4-6)7(12)13/h5-14,20,25H,2,4,15H2,1,3H3;1-4H,(H2,12,13). The highest BCUT2D eigenvalue weighted by Gasteiger charge is 2.37. The number of benzene rings is 3. The van der Waals surface area contributed by atoms with Gasteiger partial charge in [0.05, 0.1) is 16.9 Å². The number of para-hydroxylation sites is 1. The zero-order chi connectivity index (χ0) is 32.2. The number of alkyl halides is 3. The number of hydrogen-bond donors (Lipinski definition) is 2. The Morgan fingerprint density at radius 1 is 1.09 bits per heavy atom. The molecule has 0 aliphatic carbocycles. The molecule has 3 aromatic carbocycles. The second-order valence-electron chi connectivity index (χ2n) is 9.85. The van der Waals surface area contributed by atoms with Crippen LogP contribution in [0.15, 0.2) is 90.8 Å². The number of hydrogen-bond acceptors (Lipinski definition) is 5. The van der Waals surface area contributed by atoms with Gasteiger partial charge in [0, 0.05) is 41.1 Å². The summed E-state index contributed by atoms with van der Waals surface area (Å²) < 4.78 is 64.3. The van der Waals surface area contributed by atoms with Gasteiger partial charge in [-0.15, -0.1) is 0 Å². The third-order valence-electron chi connectivity index (χ3n) is 6.93. The number of halogens is 3. The van der Waals surface area contributed by atoms with E-state index in [2.05, 4.69) is 11.3 Å². The van der Waals surface area contributed by atoms with Gasteiger partial charge in [0.1, 0.15) is 5.82 Å². The number of rotatable bonds is 7. The van der Waals surface area contributed by atoms with Gasteiger partial charge in [-0.05, 0) is 61.9 Å². The number of sulfonamides is 1. The van der Waals surface area contributed by atoms with Crippen molar-refractivity contribution in [3.63, 3.8) is 0 Å². The fraction of sp³-hybridized carbons (Fsp3) is 0.194. The number of aromatic nitrogens is 2. The maximum atomic E-state index is 13.1. The number of aryl methyl sites for hydroxylation is 1. The van der Waals surface area contributed by atoms with Crippen LogP contribution in [0.5, 0.6) is 0 Å². The van der Waals surface area contributed by atoms with Crippen LogP contribution in [0.4, 0.5) is 24.7 Å². The molecule has 0 saturated heterocycles. The van der Waals surface area contributed by atoms with Crippen molar-refractivity contribution in [2.75, 3.05) is 16.2 Å². The van der Waals surface area contributed by atoms with Gasteiger partial charge in [0.25, 0.3) is 10.0 Å². The van der Waals surface area contributed by atoms with Crippen LogP contribution < -0.4 is 15.4 Å². The minimum atomic E-state index is -4.44. The SMILES string of the molecule is C=CS(=O)(=O)Nc1cccc(C2CC(=O)N(CC)c3c2c(C)nn3-c2ccccc2)c1.NC(=O)c1cccc(C(F)(F)F)c1. The van der Waals surface area contributed by atoms with Crippen molar-refractivity contribution in [1.29, 1.82) is 0 Å². The summed E-state index contributed by atoms with van der Waals surface area (Å²) in [6, 6.07) is 20.8. The van der Waals surface area contributed by atoms with Crippen LogP contribution in [-0.2, 0) is 21.0 Å². The Bertz CT molecular complexity index is 1800. The average molecular weight is 626 g/mol. The van der Waals surface area contributed by atoms with Crippen molar-refractivity contribution < 1.29 is 31.2 Å². The van der Waals surface area contributed by atoms with Crippen LogP contribution in [0.3, 0.4) is 0 Å². The van der Waals surface area contributed by atoms with Gasteiger partial charge in [-0.3, -0.25) is 19.2 Å². The first-order valence-corrected chi connectivity index (χ1v) is 15.0. The average Bonchev–Trinajstić information content (AvgIpc) is 3.34. The molecule has 0 fully saturated rings. The highest BCUT2D eigenvalue weighted by molar-refractivity contribution is 7.95. The first kappa shape index (κ1) is 32.0. The maximum absolute atomic E-state index is 13.1. The first-order valence-electron chi connectivity index (χ1n) is 13.4. The monoisotopic (exact) mass is 625 g/mol. The molecule has 1 aliphatic rings. The molecule has 44 heavy (non-hydrogen) atoms. The molecular weight excluding hydrogens is 595 g/mol. The maximum Gasteiger partial charge on any atom is 0.416 e. The summed E-state index contributed by atoms with van der Waals surface area (Å²) in [5, 5.41) is 5.63. The number of anilines is 2. The summed E-state index contributed by atoms with van der Waals surface area (Å²) in [6.07, 6.45) is -4.15. The minimum Gasteiger partial charge on any atom is -0.366 e. The predicted molar refractivity (Wildman–Crippen MR) is 162 cm³/mol. The molecule has 2 heterocycles. The molecule has 3 N–H and O–H groups in total. The molecule has 5 rings (SSSR count). The second-order valence-corrected chi connectivity index (χ2v) is 11.5. The smallest absolute Gasteiger partial charge is 0.366 e. The molecule has 0 radical (unpaired) electrons. The summed E-state index contributed by atoms with van der Waals surface area (Å²) in [5.41, 5.74) is 7.79. The van der Waals surface area contributed by atoms with Crippen molar-refractivity contribution in [3.8, 4) is 5.69 Å². The van der Waals surface area contributed by atoms with Crippen LogP contribution in [0.25, 0.3) is 5.69 Å². The summed E-state index contributed by atoms with van der Waals surface area (Å²) in [5.74, 6) is -0.319. The molecule has 2 amide bonds. The third kappa shape index (κ3) is 7.00. The van der Waals surface area contributed by atoms with Crippen LogP contribution in [-0.4, -0.2) is 36.6 Å². The number of amides is 2. The Morgan fingerprint density at radius 2 is 1.77 bits per heavy atom. The quantitative estimate of drug-likeness (QED) is 0.270. The van der Waals surface area contributed by atoms with Gasteiger partial charge in [-0.25, -0.2) is 13.1 Å². The lowest BCUT2D eigenvalue weighted by atomic mass is 9.85. The molecule has 0 spiro atoms. The summed E-state index contributed by atoms with van der Waals surface area (Å²) >= 11 is 0. The minimum absolute atomic E-state index is 0.00848. The van der Waals surface area contributed by atoms with Crippen molar-refractivity contribution >= 4 is 33.3 Å². The molecule has 9 nitrogen and oxygen atoms in total. The van der Waals surface area contributed by atoms with E-state index in [9.17, 15) is 31.2 Å². The van der Waals surface area contributed by atoms with Crippen molar-refractivity contribution in [1.82, 2.24) is 9.78 Å². The second kappa shape index (κ2) is 12.8. The molecular formula is C31H30F3N5O4S. The van der Waals surface area contributed by atoms with Gasteiger partial charge in [0.2, 0.25) is 11.8 Å². The number of primary amides is 1. The number of nitrogens with zero attached hydrogens (tertiary/aromatic N) is 3. The van der Waals surface area contributed by atoms with E-state index in [1.807, 2.05) is 54.9 Å². The number of nitrogens with one attached hydrogen (secondary N) is 1. The number of carbonyl (C=O) groups is 2. The zero-order valence-corrected chi connectivity index (χ0v) is 24.7. The molecule has 0 saturated carbocycles. The highest BCUT2D eigenvalue weighted by Crippen LogP contribution is 2.43. The van der Waals surface area contributed by atoms with E-state index in [0.29, 0.717) is 18.7 Å². The van der Waals surface area contributed by atoms with E-state index in [-0.39, 0.29) is 17.4 Å². The van der Waals surface area contributed by atoms with Crippen LogP contribution >= 0.6 is 0 Å². The Kier molecular flexibility index (Phi) is 9.28. The normalized spacial score (nSPS) is 14.7. The zero-order valence-electron chi connectivity index (χ0n) is 23.9. The molecule has 1 aromatic heterocycles. The summed E-state index contributed by atoms with van der Waals surface area (Å²) in [4.78, 5) is 25.4. The lowest BCUT2D eigenvalue weighted by molar-refractivity contribution is -0.137. The largest absolute Gasteiger partial charge is 0.416 e. The van der Waals surface area contributed by atoms with Crippen molar-refractivity contribution in [2.24, 2.45) is 5.73 Å². The summed E-state index contributed by atoms with van der Waals surface area (Å²) in [7, 11) is -3.62. The molecule has 1 aliphatic heterocycles. The van der Waals surface area contributed by atoms with Gasteiger partial charge in [-0.2, -0.15) is 18.3 Å². The van der Waals surface area contributed by atoms with E-state index in [4.69, 9.17) is 10.8 Å². The Labute approximate surface area is 252 Å². The highest BCUT2D eigenvalue weighted by atomic mass is 32.2.